The van der Waals surface area contributed by atoms with Crippen LogP contribution in [0.2, 0.25) is 0 Å². The van der Waals surface area contributed by atoms with E-state index >= 15 is 0 Å². The van der Waals surface area contributed by atoms with Crippen molar-refractivity contribution in [3.05, 3.63) is 23.9 Å². The Morgan fingerprint density at radius 1 is 1.60 bits per heavy atom. The van der Waals surface area contributed by atoms with E-state index in [2.05, 4.69) is 22.0 Å². The third-order valence-electron chi connectivity index (χ3n) is 3.36. The topological polar surface area (TPSA) is 84.0 Å². The molecule has 1 aliphatic heterocycles. The second-order valence-corrected chi connectivity index (χ2v) is 4.95. The maximum atomic E-state index is 8.72. The predicted octanol–water partition coefficient (Wildman–Crippen LogP) is 1.57. The van der Waals surface area contributed by atoms with Gasteiger partial charge < -0.3 is 20.6 Å². The number of anilines is 1. The highest BCUT2D eigenvalue weighted by Gasteiger charge is 2.21. The molecule has 1 fully saturated rings. The largest absolute Gasteiger partial charge is 0.409 e. The van der Waals surface area contributed by atoms with E-state index in [1.165, 1.54) is 0 Å². The van der Waals surface area contributed by atoms with Crippen molar-refractivity contribution in [2.45, 2.75) is 32.3 Å². The molecule has 0 bridgehead atoms. The normalized spacial score (nSPS) is 20.1. The van der Waals surface area contributed by atoms with Crippen molar-refractivity contribution in [2.24, 2.45) is 10.9 Å². The molecule has 0 aliphatic carbocycles. The molecule has 1 aliphatic rings. The highest BCUT2D eigenvalue weighted by Crippen LogP contribution is 2.20. The fourth-order valence-electron chi connectivity index (χ4n) is 2.36. The quantitative estimate of drug-likeness (QED) is 0.370. The summed E-state index contributed by atoms with van der Waals surface area (Å²) in [5, 5.41) is 11.7. The van der Waals surface area contributed by atoms with Crippen molar-refractivity contribution in [1.82, 2.24) is 4.98 Å². The van der Waals surface area contributed by atoms with E-state index in [1.54, 1.807) is 6.07 Å². The highest BCUT2D eigenvalue weighted by molar-refractivity contribution is 5.95. The van der Waals surface area contributed by atoms with E-state index in [1.807, 2.05) is 12.1 Å². The summed E-state index contributed by atoms with van der Waals surface area (Å²) in [6.07, 6.45) is 3.48. The summed E-state index contributed by atoms with van der Waals surface area (Å²) in [6.45, 7) is 4.71. The van der Waals surface area contributed by atoms with Gasteiger partial charge in [-0.3, -0.25) is 0 Å². The van der Waals surface area contributed by atoms with Crippen LogP contribution in [0.5, 0.6) is 0 Å². The molecule has 3 N–H and O–H groups in total. The standard InChI is InChI=1S/C14H22N4O2/c1-2-9-20-11-5-4-8-18(10-11)13-7-3-6-12(16-13)14(15)17-19/h3,6-7,11,19H,2,4-5,8-10H2,1H3,(H2,15,17). The van der Waals surface area contributed by atoms with Crippen LogP contribution in [0.3, 0.4) is 0 Å². The van der Waals surface area contributed by atoms with Gasteiger partial charge in [0.25, 0.3) is 0 Å². The Bertz CT molecular complexity index is 464. The molecule has 1 saturated heterocycles. The fourth-order valence-corrected chi connectivity index (χ4v) is 2.36. The molecule has 6 heteroatoms. The van der Waals surface area contributed by atoms with Crippen LogP contribution in [-0.2, 0) is 4.74 Å². The van der Waals surface area contributed by atoms with Gasteiger partial charge in [0.2, 0.25) is 0 Å². The summed E-state index contributed by atoms with van der Waals surface area (Å²) in [5.74, 6) is 0.876. The van der Waals surface area contributed by atoms with E-state index in [0.717, 1.165) is 44.8 Å². The van der Waals surface area contributed by atoms with Gasteiger partial charge in [-0.1, -0.05) is 18.1 Å². The molecule has 1 atom stereocenters. The molecule has 0 aromatic carbocycles. The molecule has 1 aromatic heterocycles. The first-order chi connectivity index (χ1) is 9.74. The van der Waals surface area contributed by atoms with E-state index in [-0.39, 0.29) is 11.9 Å². The van der Waals surface area contributed by atoms with Gasteiger partial charge in [-0.05, 0) is 31.4 Å². The van der Waals surface area contributed by atoms with Gasteiger partial charge in [0, 0.05) is 19.7 Å². The fraction of sp³-hybridized carbons (Fsp3) is 0.571. The van der Waals surface area contributed by atoms with Gasteiger partial charge in [0.15, 0.2) is 5.84 Å². The molecule has 0 spiro atoms. The maximum absolute atomic E-state index is 8.72. The minimum Gasteiger partial charge on any atom is -0.409 e. The van der Waals surface area contributed by atoms with Crippen LogP contribution in [0.4, 0.5) is 5.82 Å². The van der Waals surface area contributed by atoms with Crippen LogP contribution in [-0.4, -0.2) is 41.8 Å². The van der Waals surface area contributed by atoms with Crippen LogP contribution in [0.1, 0.15) is 31.9 Å². The van der Waals surface area contributed by atoms with Gasteiger partial charge in [-0.2, -0.15) is 0 Å². The minimum atomic E-state index is 0.0302. The summed E-state index contributed by atoms with van der Waals surface area (Å²) in [5.41, 5.74) is 6.07. The van der Waals surface area contributed by atoms with Crippen LogP contribution in [0.25, 0.3) is 0 Å². The van der Waals surface area contributed by atoms with Gasteiger partial charge in [0.1, 0.15) is 11.5 Å². The summed E-state index contributed by atoms with van der Waals surface area (Å²) >= 11 is 0. The third-order valence-corrected chi connectivity index (χ3v) is 3.36. The number of aromatic nitrogens is 1. The number of hydrogen-bond donors (Lipinski definition) is 2. The zero-order valence-corrected chi connectivity index (χ0v) is 11.8. The molecule has 6 nitrogen and oxygen atoms in total. The Balaban J connectivity index is 2.07. The molecule has 20 heavy (non-hydrogen) atoms. The Hall–Kier alpha value is -1.82. The Morgan fingerprint density at radius 2 is 2.45 bits per heavy atom. The van der Waals surface area contributed by atoms with Crippen LogP contribution in [0, 0.1) is 0 Å². The second-order valence-electron chi connectivity index (χ2n) is 4.95. The smallest absolute Gasteiger partial charge is 0.188 e. The molecule has 110 valence electrons. The van der Waals surface area contributed by atoms with Crippen molar-refractivity contribution < 1.29 is 9.94 Å². The molecule has 2 heterocycles. The van der Waals surface area contributed by atoms with Crippen LogP contribution in [0.15, 0.2) is 23.4 Å². The van der Waals surface area contributed by atoms with Crippen LogP contribution >= 0.6 is 0 Å². The number of pyridine rings is 1. The first-order valence-electron chi connectivity index (χ1n) is 7.06. The molecule has 0 saturated carbocycles. The average molecular weight is 278 g/mol. The van der Waals surface area contributed by atoms with Crippen molar-refractivity contribution in [1.29, 1.82) is 0 Å². The van der Waals surface area contributed by atoms with E-state index in [4.69, 9.17) is 15.7 Å². The van der Waals surface area contributed by atoms with Crippen LogP contribution < -0.4 is 10.6 Å². The summed E-state index contributed by atoms with van der Waals surface area (Å²) in [7, 11) is 0. The average Bonchev–Trinajstić information content (AvgIpc) is 2.52. The highest BCUT2D eigenvalue weighted by atomic mass is 16.5. The lowest BCUT2D eigenvalue weighted by Gasteiger charge is -2.33. The number of oxime groups is 1. The summed E-state index contributed by atoms with van der Waals surface area (Å²) in [4.78, 5) is 6.63. The second kappa shape index (κ2) is 7.09. The molecule has 1 unspecified atom stereocenters. The number of ether oxygens (including phenoxy) is 1. The number of nitrogens with two attached hydrogens (primary N) is 1. The summed E-state index contributed by atoms with van der Waals surface area (Å²) in [6, 6.07) is 5.54. The third kappa shape index (κ3) is 3.60. The number of rotatable bonds is 5. The SMILES string of the molecule is CCCOC1CCCN(c2cccc(C(N)=NO)n2)C1. The number of hydrogen-bond acceptors (Lipinski definition) is 5. The maximum Gasteiger partial charge on any atom is 0.188 e. The Kier molecular flexibility index (Phi) is 5.17. The van der Waals surface area contributed by atoms with Crippen molar-refractivity contribution in [2.75, 3.05) is 24.6 Å². The predicted molar refractivity (Wildman–Crippen MR) is 78.2 cm³/mol. The van der Waals surface area contributed by atoms with Gasteiger partial charge >= 0.3 is 0 Å². The van der Waals surface area contributed by atoms with Gasteiger partial charge in [-0.25, -0.2) is 4.98 Å². The lowest BCUT2D eigenvalue weighted by molar-refractivity contribution is 0.0439. The first kappa shape index (κ1) is 14.6. The molecular weight excluding hydrogens is 256 g/mol. The monoisotopic (exact) mass is 278 g/mol. The zero-order chi connectivity index (χ0) is 14.4. The number of amidine groups is 1. The lowest BCUT2D eigenvalue weighted by atomic mass is 10.1. The van der Waals surface area contributed by atoms with Crippen molar-refractivity contribution >= 4 is 11.7 Å². The van der Waals surface area contributed by atoms with Gasteiger partial charge in [0.05, 0.1) is 6.10 Å². The number of piperidine rings is 1. The minimum absolute atomic E-state index is 0.0302. The Morgan fingerprint density at radius 3 is 3.20 bits per heavy atom. The van der Waals surface area contributed by atoms with Crippen molar-refractivity contribution in [3.63, 3.8) is 0 Å². The molecule has 2 rings (SSSR count). The Labute approximate surface area is 119 Å². The molecule has 1 aromatic rings. The first-order valence-corrected chi connectivity index (χ1v) is 7.06. The summed E-state index contributed by atoms with van der Waals surface area (Å²) < 4.78 is 5.82. The number of nitrogens with zero attached hydrogens (tertiary/aromatic N) is 3. The molecule has 0 amide bonds. The zero-order valence-electron chi connectivity index (χ0n) is 11.8. The molecular formula is C14H22N4O2. The van der Waals surface area contributed by atoms with E-state index < -0.39 is 0 Å². The van der Waals surface area contributed by atoms with E-state index in [0.29, 0.717) is 5.69 Å². The van der Waals surface area contributed by atoms with Gasteiger partial charge in [-0.15, -0.1) is 0 Å². The molecule has 0 radical (unpaired) electrons. The van der Waals surface area contributed by atoms with E-state index in [9.17, 15) is 0 Å². The lowest BCUT2D eigenvalue weighted by Crippen LogP contribution is -2.40. The van der Waals surface area contributed by atoms with Crippen molar-refractivity contribution in [3.8, 4) is 0 Å².